The van der Waals surface area contributed by atoms with E-state index in [1.54, 1.807) is 17.0 Å². The van der Waals surface area contributed by atoms with Gasteiger partial charge in [0.05, 0.1) is 4.90 Å². The van der Waals surface area contributed by atoms with Gasteiger partial charge in [-0.05, 0) is 75.5 Å². The lowest BCUT2D eigenvalue weighted by Crippen LogP contribution is -2.41. The minimum Gasteiger partial charge on any atom is -0.339 e. The van der Waals surface area contributed by atoms with Gasteiger partial charge in [-0.2, -0.15) is 0 Å². The Morgan fingerprint density at radius 3 is 2.19 bits per heavy atom. The van der Waals surface area contributed by atoms with Crippen LogP contribution in [0.15, 0.2) is 59.5 Å². The Hall–Kier alpha value is -2.22. The number of rotatable bonds is 9. The van der Waals surface area contributed by atoms with E-state index in [9.17, 15) is 13.2 Å². The molecule has 1 amide bonds. The second-order valence-corrected chi connectivity index (χ2v) is 10.3. The van der Waals surface area contributed by atoms with Gasteiger partial charge in [0.1, 0.15) is 0 Å². The van der Waals surface area contributed by atoms with E-state index in [4.69, 9.17) is 0 Å². The molecular formula is C25H35N3O3S. The van der Waals surface area contributed by atoms with Crippen LogP contribution in [0.4, 0.5) is 0 Å². The maximum absolute atomic E-state index is 13.0. The van der Waals surface area contributed by atoms with Crippen molar-refractivity contribution in [3.8, 4) is 0 Å². The Kier molecular flexibility index (Phi) is 8.45. The van der Waals surface area contributed by atoms with Crippen molar-refractivity contribution >= 4 is 15.9 Å². The van der Waals surface area contributed by atoms with Crippen LogP contribution in [-0.2, 0) is 10.0 Å². The monoisotopic (exact) mass is 457 g/mol. The summed E-state index contributed by atoms with van der Waals surface area (Å²) in [5, 5.41) is 0. The summed E-state index contributed by atoms with van der Waals surface area (Å²) in [5.41, 5.74) is 1.61. The molecule has 1 saturated heterocycles. The summed E-state index contributed by atoms with van der Waals surface area (Å²) in [6.07, 6.45) is 2.25. The van der Waals surface area contributed by atoms with E-state index in [2.05, 4.69) is 28.7 Å². The van der Waals surface area contributed by atoms with Gasteiger partial charge in [-0.15, -0.1) is 0 Å². The van der Waals surface area contributed by atoms with E-state index in [1.165, 1.54) is 12.1 Å². The molecule has 0 spiro atoms. The van der Waals surface area contributed by atoms with Crippen LogP contribution < -0.4 is 4.72 Å². The van der Waals surface area contributed by atoms with E-state index in [-0.39, 0.29) is 16.8 Å². The molecule has 1 aliphatic heterocycles. The fourth-order valence-electron chi connectivity index (χ4n) is 4.22. The molecule has 32 heavy (non-hydrogen) atoms. The molecule has 0 aromatic heterocycles. The summed E-state index contributed by atoms with van der Waals surface area (Å²) < 4.78 is 28.8. The zero-order chi connectivity index (χ0) is 23.1. The minimum atomic E-state index is -3.69. The summed E-state index contributed by atoms with van der Waals surface area (Å²) in [5.74, 6) is 0.618. The van der Waals surface area contributed by atoms with Gasteiger partial charge >= 0.3 is 0 Å². The van der Waals surface area contributed by atoms with Gasteiger partial charge < -0.3 is 4.90 Å². The first kappa shape index (κ1) is 24.4. The molecule has 1 unspecified atom stereocenters. The second kappa shape index (κ2) is 11.1. The van der Waals surface area contributed by atoms with Crippen molar-refractivity contribution in [3.05, 3.63) is 65.7 Å². The highest BCUT2D eigenvalue weighted by atomic mass is 32.2. The predicted octanol–water partition coefficient (Wildman–Crippen LogP) is 3.92. The fourth-order valence-corrected chi connectivity index (χ4v) is 5.25. The number of nitrogens with one attached hydrogen (secondary N) is 1. The number of hydrogen-bond donors (Lipinski definition) is 1. The molecule has 2 aromatic carbocycles. The lowest BCUT2D eigenvalue weighted by Gasteiger charge is -2.37. The first-order valence-electron chi connectivity index (χ1n) is 11.5. The van der Waals surface area contributed by atoms with Crippen LogP contribution in [0.25, 0.3) is 0 Å². The van der Waals surface area contributed by atoms with Gasteiger partial charge in [0.15, 0.2) is 0 Å². The van der Waals surface area contributed by atoms with Crippen LogP contribution >= 0.6 is 0 Å². The van der Waals surface area contributed by atoms with Crippen LogP contribution in [0.2, 0.25) is 0 Å². The quantitative estimate of drug-likeness (QED) is 0.620. The number of sulfonamides is 1. The highest BCUT2D eigenvalue weighted by Gasteiger charge is 2.26. The van der Waals surface area contributed by atoms with E-state index in [0.717, 1.165) is 31.5 Å². The number of piperidine rings is 1. The second-order valence-electron chi connectivity index (χ2n) is 8.50. The number of carbonyl (C=O) groups is 1. The van der Waals surface area contributed by atoms with Crippen molar-refractivity contribution in [2.75, 3.05) is 32.7 Å². The number of likely N-dealkylation sites (tertiary alicyclic amines) is 1. The smallest absolute Gasteiger partial charge is 0.253 e. The third-order valence-electron chi connectivity index (χ3n) is 6.37. The van der Waals surface area contributed by atoms with Gasteiger partial charge in [-0.1, -0.05) is 37.3 Å². The first-order chi connectivity index (χ1) is 15.4. The molecule has 2 aromatic rings. The lowest BCUT2D eigenvalue weighted by atomic mass is 9.96. The molecule has 0 aliphatic carbocycles. The molecule has 0 saturated carbocycles. The molecule has 174 valence electrons. The van der Waals surface area contributed by atoms with Crippen molar-refractivity contribution in [3.63, 3.8) is 0 Å². The maximum atomic E-state index is 13.0. The molecular weight excluding hydrogens is 422 g/mol. The molecule has 3 rings (SSSR count). The van der Waals surface area contributed by atoms with Crippen molar-refractivity contribution in [1.29, 1.82) is 0 Å². The van der Waals surface area contributed by atoms with E-state index < -0.39 is 10.0 Å². The summed E-state index contributed by atoms with van der Waals surface area (Å²) in [6, 6.07) is 16.3. The molecule has 1 atom stereocenters. The third-order valence-corrected chi connectivity index (χ3v) is 7.81. The van der Waals surface area contributed by atoms with E-state index in [1.807, 2.05) is 32.0 Å². The fraction of sp³-hybridized carbons (Fsp3) is 0.480. The molecule has 1 aliphatic rings. The minimum absolute atomic E-state index is 0.0120. The Morgan fingerprint density at radius 1 is 1.03 bits per heavy atom. The topological polar surface area (TPSA) is 69.7 Å². The maximum Gasteiger partial charge on any atom is 0.253 e. The molecule has 0 radical (unpaired) electrons. The Morgan fingerprint density at radius 2 is 1.62 bits per heavy atom. The number of benzene rings is 2. The summed E-state index contributed by atoms with van der Waals surface area (Å²) in [4.78, 5) is 16.8. The number of hydrogen-bond acceptors (Lipinski definition) is 4. The summed E-state index contributed by atoms with van der Waals surface area (Å²) in [7, 11) is -3.69. The van der Waals surface area contributed by atoms with Gasteiger partial charge in [0, 0.05) is 31.2 Å². The highest BCUT2D eigenvalue weighted by Crippen LogP contribution is 2.27. The van der Waals surface area contributed by atoms with Crippen molar-refractivity contribution < 1.29 is 13.2 Å². The molecule has 1 N–H and O–H groups in total. The van der Waals surface area contributed by atoms with Crippen molar-refractivity contribution in [1.82, 2.24) is 14.5 Å². The normalized spacial score (nSPS) is 16.6. The van der Waals surface area contributed by atoms with Crippen molar-refractivity contribution in [2.45, 2.75) is 44.6 Å². The number of carbonyl (C=O) groups excluding carboxylic acids is 1. The molecule has 1 heterocycles. The third kappa shape index (κ3) is 5.97. The number of nitrogens with zero attached hydrogens (tertiary/aromatic N) is 2. The number of amides is 1. The first-order valence-corrected chi connectivity index (χ1v) is 13.0. The van der Waals surface area contributed by atoms with Gasteiger partial charge in [0.2, 0.25) is 10.0 Å². The van der Waals surface area contributed by atoms with E-state index >= 15 is 0 Å². The van der Waals surface area contributed by atoms with Crippen molar-refractivity contribution in [2.24, 2.45) is 5.92 Å². The van der Waals surface area contributed by atoms with Gasteiger partial charge in [-0.3, -0.25) is 9.69 Å². The lowest BCUT2D eigenvalue weighted by molar-refractivity contribution is 0.0773. The van der Waals surface area contributed by atoms with Crippen LogP contribution in [0, 0.1) is 5.92 Å². The Labute approximate surface area is 192 Å². The van der Waals surface area contributed by atoms with E-state index in [0.29, 0.717) is 31.1 Å². The van der Waals surface area contributed by atoms with Crippen LogP contribution in [0.3, 0.4) is 0 Å². The molecule has 7 heteroatoms. The Balaban J connectivity index is 1.73. The van der Waals surface area contributed by atoms with Crippen LogP contribution in [0.1, 0.15) is 55.6 Å². The van der Waals surface area contributed by atoms with Gasteiger partial charge in [-0.25, -0.2) is 13.1 Å². The largest absolute Gasteiger partial charge is 0.339 e. The summed E-state index contributed by atoms with van der Waals surface area (Å²) in [6.45, 7) is 9.59. The predicted molar refractivity (Wildman–Crippen MR) is 128 cm³/mol. The molecule has 0 bridgehead atoms. The average Bonchev–Trinajstić information content (AvgIpc) is 2.82. The van der Waals surface area contributed by atoms with Crippen LogP contribution in [-0.4, -0.2) is 56.8 Å². The zero-order valence-corrected chi connectivity index (χ0v) is 20.1. The highest BCUT2D eigenvalue weighted by molar-refractivity contribution is 7.89. The molecule has 6 nitrogen and oxygen atoms in total. The molecule has 1 fully saturated rings. The average molecular weight is 458 g/mol. The Bertz CT molecular complexity index is 965. The SMILES string of the molecule is CCN(CC)C(=O)c1ccc(S(=O)(=O)NCC(c2ccccc2)N2CCC(C)CC2)cc1. The standard InChI is InChI=1S/C25H35N3O3S/c1-4-27(5-2)25(29)22-11-13-23(14-12-22)32(30,31)26-19-24(21-9-7-6-8-10-21)28-17-15-20(3)16-18-28/h6-14,20,24,26H,4-5,15-19H2,1-3H3. The zero-order valence-electron chi connectivity index (χ0n) is 19.3. The van der Waals surface area contributed by atoms with Gasteiger partial charge in [0.25, 0.3) is 5.91 Å². The van der Waals surface area contributed by atoms with Crippen LogP contribution in [0.5, 0.6) is 0 Å². The summed E-state index contributed by atoms with van der Waals surface area (Å²) >= 11 is 0.